The number of anilines is 1. The van der Waals surface area contributed by atoms with Gasteiger partial charge in [-0.3, -0.25) is 14.4 Å². The van der Waals surface area contributed by atoms with Crippen LogP contribution >= 0.6 is 0 Å². The number of para-hydroxylation sites is 1. The van der Waals surface area contributed by atoms with Crippen LogP contribution in [0.5, 0.6) is 0 Å². The lowest BCUT2D eigenvalue weighted by atomic mass is 9.73. The molecule has 3 rings (SSSR count). The van der Waals surface area contributed by atoms with Gasteiger partial charge in [0.2, 0.25) is 17.7 Å². The van der Waals surface area contributed by atoms with Crippen LogP contribution < -0.4 is 10.6 Å². The van der Waals surface area contributed by atoms with E-state index in [2.05, 4.69) is 17.6 Å². The molecule has 2 aliphatic heterocycles. The van der Waals surface area contributed by atoms with E-state index in [0.717, 1.165) is 24.1 Å². The van der Waals surface area contributed by atoms with Gasteiger partial charge in [0, 0.05) is 18.7 Å². The van der Waals surface area contributed by atoms with Crippen molar-refractivity contribution >= 4 is 23.4 Å². The molecule has 1 aromatic rings. The molecule has 2 N–H and O–H groups in total. The Morgan fingerprint density at radius 2 is 2.08 bits per heavy atom. The van der Waals surface area contributed by atoms with Crippen molar-refractivity contribution in [3.05, 3.63) is 29.8 Å². The molecule has 0 aliphatic carbocycles. The second-order valence-electron chi connectivity index (χ2n) is 6.74. The molecule has 0 unspecified atom stereocenters. The predicted molar refractivity (Wildman–Crippen MR) is 95.1 cm³/mol. The van der Waals surface area contributed by atoms with E-state index in [4.69, 9.17) is 0 Å². The van der Waals surface area contributed by atoms with Crippen molar-refractivity contribution in [3.63, 3.8) is 0 Å². The molecule has 1 spiro atoms. The molecule has 2 aliphatic rings. The summed E-state index contributed by atoms with van der Waals surface area (Å²) >= 11 is 0. The van der Waals surface area contributed by atoms with E-state index in [0.29, 0.717) is 19.4 Å². The van der Waals surface area contributed by atoms with Crippen molar-refractivity contribution in [2.45, 2.75) is 51.0 Å². The third-order valence-electron chi connectivity index (χ3n) is 5.39. The molecule has 2 heterocycles. The number of rotatable bonds is 5. The van der Waals surface area contributed by atoms with Gasteiger partial charge in [-0.1, -0.05) is 38.5 Å². The molecule has 6 heteroatoms. The van der Waals surface area contributed by atoms with E-state index >= 15 is 0 Å². The van der Waals surface area contributed by atoms with Gasteiger partial charge in [0.15, 0.2) is 0 Å². The Morgan fingerprint density at radius 1 is 1.32 bits per heavy atom. The summed E-state index contributed by atoms with van der Waals surface area (Å²) in [4.78, 5) is 38.8. The first-order chi connectivity index (χ1) is 12.0. The number of nitrogens with one attached hydrogen (secondary N) is 2. The van der Waals surface area contributed by atoms with Crippen molar-refractivity contribution in [1.29, 1.82) is 0 Å². The molecule has 3 amide bonds. The zero-order valence-electron chi connectivity index (χ0n) is 14.8. The number of carbonyl (C=O) groups is 3. The molecule has 1 aromatic carbocycles. The van der Waals surface area contributed by atoms with E-state index in [-0.39, 0.29) is 30.3 Å². The van der Waals surface area contributed by atoms with Gasteiger partial charge in [-0.15, -0.1) is 0 Å². The maximum atomic E-state index is 12.9. The number of nitrogens with zero attached hydrogens (tertiary/aromatic N) is 1. The second-order valence-corrected chi connectivity index (χ2v) is 6.74. The maximum absolute atomic E-state index is 12.9. The quantitative estimate of drug-likeness (QED) is 0.856. The lowest BCUT2D eigenvalue weighted by Crippen LogP contribution is -2.50. The maximum Gasteiger partial charge on any atom is 0.242 e. The third kappa shape index (κ3) is 2.79. The van der Waals surface area contributed by atoms with Gasteiger partial charge < -0.3 is 15.5 Å². The molecule has 25 heavy (non-hydrogen) atoms. The van der Waals surface area contributed by atoms with E-state index in [1.807, 2.05) is 24.3 Å². The van der Waals surface area contributed by atoms with Gasteiger partial charge in [0.25, 0.3) is 0 Å². The Balaban J connectivity index is 1.89. The minimum atomic E-state index is -0.670. The van der Waals surface area contributed by atoms with Gasteiger partial charge in [-0.25, -0.2) is 0 Å². The summed E-state index contributed by atoms with van der Waals surface area (Å²) < 4.78 is 0. The Hall–Kier alpha value is -2.37. The highest BCUT2D eigenvalue weighted by molar-refractivity contribution is 6.07. The molecular formula is C19H25N3O3. The summed E-state index contributed by atoms with van der Waals surface area (Å²) in [6.45, 7) is 4.34. The standard InChI is InChI=1S/C19H25N3O3/c1-3-7-15-19(13-8-5-6-9-14(13)21-18(19)25)10-11-22(15)17(24)12-20-16(23)4-2/h5-6,8-9,15H,3-4,7,10-12H2,1-2H3,(H,20,23)(H,21,25)/t15-,19+/m0/s1. The fourth-order valence-corrected chi connectivity index (χ4v) is 4.18. The largest absolute Gasteiger partial charge is 0.347 e. The molecule has 0 saturated carbocycles. The molecule has 0 aromatic heterocycles. The Kier molecular flexibility index (Phi) is 4.79. The van der Waals surface area contributed by atoms with E-state index in [9.17, 15) is 14.4 Å². The summed E-state index contributed by atoms with van der Waals surface area (Å²) in [6, 6.07) is 7.58. The van der Waals surface area contributed by atoms with Gasteiger partial charge >= 0.3 is 0 Å². The number of amides is 3. The van der Waals surface area contributed by atoms with Crippen molar-refractivity contribution in [2.24, 2.45) is 0 Å². The van der Waals surface area contributed by atoms with Crippen LogP contribution in [0.3, 0.4) is 0 Å². The van der Waals surface area contributed by atoms with Crippen LogP contribution in [0, 0.1) is 0 Å². The van der Waals surface area contributed by atoms with Crippen LogP contribution in [0.1, 0.15) is 45.1 Å². The first-order valence-corrected chi connectivity index (χ1v) is 9.01. The van der Waals surface area contributed by atoms with Crippen LogP contribution in [-0.2, 0) is 19.8 Å². The first-order valence-electron chi connectivity index (χ1n) is 9.01. The average molecular weight is 343 g/mol. The summed E-state index contributed by atoms with van der Waals surface area (Å²) in [5.74, 6) is -0.271. The van der Waals surface area contributed by atoms with Crippen LogP contribution in [0.25, 0.3) is 0 Å². The highest BCUT2D eigenvalue weighted by atomic mass is 16.2. The minimum Gasteiger partial charge on any atom is -0.347 e. The highest BCUT2D eigenvalue weighted by Gasteiger charge is 2.58. The zero-order chi connectivity index (χ0) is 18.0. The smallest absolute Gasteiger partial charge is 0.242 e. The molecule has 134 valence electrons. The number of likely N-dealkylation sites (tertiary alicyclic amines) is 1. The summed E-state index contributed by atoms with van der Waals surface area (Å²) in [6.07, 6.45) is 2.61. The molecule has 1 fully saturated rings. The summed E-state index contributed by atoms with van der Waals surface area (Å²) in [5.41, 5.74) is 1.17. The van der Waals surface area contributed by atoms with E-state index in [1.165, 1.54) is 0 Å². The minimum absolute atomic E-state index is 0.00770. The van der Waals surface area contributed by atoms with Crippen molar-refractivity contribution in [1.82, 2.24) is 10.2 Å². The van der Waals surface area contributed by atoms with Crippen molar-refractivity contribution in [2.75, 3.05) is 18.4 Å². The Morgan fingerprint density at radius 3 is 2.80 bits per heavy atom. The summed E-state index contributed by atoms with van der Waals surface area (Å²) in [5, 5.41) is 5.64. The number of hydrogen-bond acceptors (Lipinski definition) is 3. The number of fused-ring (bicyclic) bond motifs is 2. The van der Waals surface area contributed by atoms with Gasteiger partial charge in [0.05, 0.1) is 18.0 Å². The fraction of sp³-hybridized carbons (Fsp3) is 0.526. The number of carbonyl (C=O) groups excluding carboxylic acids is 3. The number of benzene rings is 1. The molecule has 2 atom stereocenters. The third-order valence-corrected chi connectivity index (χ3v) is 5.39. The normalized spacial score (nSPS) is 24.3. The molecular weight excluding hydrogens is 318 g/mol. The SMILES string of the molecule is CCC[C@@H]1N(C(=O)CNC(=O)CC)CC[C@]12C(=O)Nc1ccccc12. The van der Waals surface area contributed by atoms with Crippen LogP contribution in [0.2, 0.25) is 0 Å². The average Bonchev–Trinajstić information content (AvgIpc) is 3.13. The van der Waals surface area contributed by atoms with Gasteiger partial charge in [-0.05, 0) is 24.5 Å². The lowest BCUT2D eigenvalue weighted by Gasteiger charge is -2.34. The van der Waals surface area contributed by atoms with Gasteiger partial charge in [-0.2, -0.15) is 0 Å². The van der Waals surface area contributed by atoms with Crippen LogP contribution in [-0.4, -0.2) is 41.8 Å². The van der Waals surface area contributed by atoms with E-state index in [1.54, 1.807) is 11.8 Å². The van der Waals surface area contributed by atoms with Crippen LogP contribution in [0.4, 0.5) is 5.69 Å². The fourth-order valence-electron chi connectivity index (χ4n) is 4.18. The molecule has 0 radical (unpaired) electrons. The Labute approximate surface area is 148 Å². The molecule has 0 bridgehead atoms. The topological polar surface area (TPSA) is 78.5 Å². The predicted octanol–water partition coefficient (Wildman–Crippen LogP) is 1.80. The second kappa shape index (κ2) is 6.86. The van der Waals surface area contributed by atoms with Crippen LogP contribution in [0.15, 0.2) is 24.3 Å². The van der Waals surface area contributed by atoms with Crippen molar-refractivity contribution < 1.29 is 14.4 Å². The first kappa shape index (κ1) is 17.5. The summed E-state index contributed by atoms with van der Waals surface area (Å²) in [7, 11) is 0. The Bertz CT molecular complexity index is 703. The van der Waals surface area contributed by atoms with Gasteiger partial charge in [0.1, 0.15) is 0 Å². The number of hydrogen-bond donors (Lipinski definition) is 2. The molecule has 1 saturated heterocycles. The van der Waals surface area contributed by atoms with Crippen molar-refractivity contribution in [3.8, 4) is 0 Å². The zero-order valence-corrected chi connectivity index (χ0v) is 14.8. The molecule has 6 nitrogen and oxygen atoms in total. The monoisotopic (exact) mass is 343 g/mol. The van der Waals surface area contributed by atoms with E-state index < -0.39 is 5.41 Å². The highest BCUT2D eigenvalue weighted by Crippen LogP contribution is 2.49. The lowest BCUT2D eigenvalue weighted by molar-refractivity contribution is -0.134.